The van der Waals surface area contributed by atoms with Crippen LogP contribution in [0.3, 0.4) is 0 Å². The number of benzene rings is 2. The molecule has 1 amide bonds. The van der Waals surface area contributed by atoms with Crippen molar-refractivity contribution in [2.45, 2.75) is 42.5 Å². The highest BCUT2D eigenvalue weighted by Crippen LogP contribution is 2.28. The quantitative estimate of drug-likeness (QED) is 0.393. The van der Waals surface area contributed by atoms with Gasteiger partial charge in [0.15, 0.2) is 5.16 Å². The molecule has 3 heterocycles. The maximum absolute atomic E-state index is 13.6. The molecule has 2 fully saturated rings. The van der Waals surface area contributed by atoms with Crippen LogP contribution in [0.2, 0.25) is 0 Å². The van der Waals surface area contributed by atoms with Gasteiger partial charge in [-0.3, -0.25) is 14.2 Å². The second-order valence-electron chi connectivity index (χ2n) is 8.93. The zero-order valence-corrected chi connectivity index (χ0v) is 19.7. The lowest BCUT2D eigenvalue weighted by molar-refractivity contribution is -0.127. The van der Waals surface area contributed by atoms with Crippen LogP contribution in [-0.2, 0) is 4.79 Å². The van der Waals surface area contributed by atoms with E-state index in [0.29, 0.717) is 29.0 Å². The van der Waals surface area contributed by atoms with Crippen molar-refractivity contribution in [2.24, 2.45) is 0 Å². The molecular formula is C26H30N4O2S. The molecule has 3 aromatic rings. The van der Waals surface area contributed by atoms with E-state index < -0.39 is 0 Å². The van der Waals surface area contributed by atoms with Crippen LogP contribution in [0.1, 0.15) is 32.1 Å². The van der Waals surface area contributed by atoms with Gasteiger partial charge in [0.1, 0.15) is 0 Å². The van der Waals surface area contributed by atoms with E-state index in [1.165, 1.54) is 19.3 Å². The van der Waals surface area contributed by atoms with Crippen LogP contribution in [0.4, 0.5) is 0 Å². The Kier molecular flexibility index (Phi) is 6.78. The van der Waals surface area contributed by atoms with Crippen molar-refractivity contribution in [2.75, 3.05) is 32.7 Å². The minimum absolute atomic E-state index is 0.0525. The van der Waals surface area contributed by atoms with Crippen LogP contribution in [0.25, 0.3) is 16.6 Å². The molecule has 1 atom stereocenters. The third-order valence-electron chi connectivity index (χ3n) is 6.54. The fourth-order valence-corrected chi connectivity index (χ4v) is 6.13. The molecule has 172 valence electrons. The Morgan fingerprint density at radius 3 is 2.36 bits per heavy atom. The lowest BCUT2D eigenvalue weighted by Gasteiger charge is -2.32. The lowest BCUT2D eigenvalue weighted by Crippen LogP contribution is -2.41. The molecule has 0 radical (unpaired) electrons. The first kappa shape index (κ1) is 22.2. The highest BCUT2D eigenvalue weighted by molar-refractivity contribution is 7.99. The number of piperidine rings is 1. The number of thioether (sulfide) groups is 1. The van der Waals surface area contributed by atoms with Gasteiger partial charge in [0.25, 0.3) is 5.56 Å². The summed E-state index contributed by atoms with van der Waals surface area (Å²) in [7, 11) is 0. The summed E-state index contributed by atoms with van der Waals surface area (Å²) in [4.78, 5) is 35.4. The van der Waals surface area contributed by atoms with E-state index in [0.717, 1.165) is 38.3 Å². The molecule has 2 saturated heterocycles. The van der Waals surface area contributed by atoms with Gasteiger partial charge in [0, 0.05) is 31.3 Å². The van der Waals surface area contributed by atoms with Crippen molar-refractivity contribution < 1.29 is 4.79 Å². The monoisotopic (exact) mass is 462 g/mol. The summed E-state index contributed by atoms with van der Waals surface area (Å²) in [6.45, 7) is 4.61. The Morgan fingerprint density at radius 1 is 0.848 bits per heavy atom. The van der Waals surface area contributed by atoms with E-state index in [4.69, 9.17) is 4.98 Å². The minimum Gasteiger partial charge on any atom is -0.342 e. The number of carbonyl (C=O) groups is 1. The Balaban J connectivity index is 1.53. The largest absolute Gasteiger partial charge is 0.342 e. The van der Waals surface area contributed by atoms with Crippen molar-refractivity contribution in [1.82, 2.24) is 19.4 Å². The molecule has 0 aliphatic carbocycles. The molecule has 6 nitrogen and oxygen atoms in total. The van der Waals surface area contributed by atoms with Crippen molar-refractivity contribution in [3.63, 3.8) is 0 Å². The van der Waals surface area contributed by atoms with Gasteiger partial charge in [-0.15, -0.1) is 0 Å². The highest BCUT2D eigenvalue weighted by Gasteiger charge is 2.27. The standard InChI is InChI=1S/C26H30N4O2S/c31-24-14-9-17-29(24)19-21(18-28-15-7-2-8-16-28)33-26-27-23-13-6-5-12-22(23)25(32)30(26)20-10-3-1-4-11-20/h1,3-6,10-13,21H,2,7-9,14-19H2/t21-/m1/s1. The predicted octanol–water partition coefficient (Wildman–Crippen LogP) is 3.95. The molecule has 2 aliphatic rings. The summed E-state index contributed by atoms with van der Waals surface area (Å²) in [6.07, 6.45) is 5.32. The van der Waals surface area contributed by atoms with E-state index in [2.05, 4.69) is 4.90 Å². The van der Waals surface area contributed by atoms with Gasteiger partial charge in [-0.05, 0) is 56.6 Å². The van der Waals surface area contributed by atoms with Gasteiger partial charge in [0.05, 0.1) is 16.6 Å². The maximum Gasteiger partial charge on any atom is 0.266 e. The summed E-state index contributed by atoms with van der Waals surface area (Å²) < 4.78 is 1.74. The number of nitrogens with zero attached hydrogens (tertiary/aromatic N) is 4. The fraction of sp³-hybridized carbons (Fsp3) is 0.423. The molecule has 7 heteroatoms. The van der Waals surface area contributed by atoms with Gasteiger partial charge in [-0.25, -0.2) is 4.98 Å². The van der Waals surface area contributed by atoms with Crippen molar-refractivity contribution in [3.8, 4) is 5.69 Å². The topological polar surface area (TPSA) is 58.4 Å². The molecule has 5 rings (SSSR count). The number of rotatable bonds is 7. The van der Waals surface area contributed by atoms with E-state index in [1.807, 2.05) is 59.5 Å². The number of likely N-dealkylation sites (tertiary alicyclic amines) is 2. The van der Waals surface area contributed by atoms with E-state index in [1.54, 1.807) is 16.3 Å². The molecule has 0 unspecified atom stereocenters. The van der Waals surface area contributed by atoms with Crippen LogP contribution in [0, 0.1) is 0 Å². The highest BCUT2D eigenvalue weighted by atomic mass is 32.2. The van der Waals surface area contributed by atoms with Crippen LogP contribution < -0.4 is 5.56 Å². The molecule has 0 N–H and O–H groups in total. The fourth-order valence-electron chi connectivity index (χ4n) is 4.85. The first-order valence-corrected chi connectivity index (χ1v) is 12.8. The first-order chi connectivity index (χ1) is 16.2. The molecule has 0 bridgehead atoms. The Morgan fingerprint density at radius 2 is 1.61 bits per heavy atom. The maximum atomic E-state index is 13.6. The van der Waals surface area contributed by atoms with Crippen molar-refractivity contribution >= 4 is 28.6 Å². The van der Waals surface area contributed by atoms with Gasteiger partial charge >= 0.3 is 0 Å². The number of amides is 1. The third-order valence-corrected chi connectivity index (χ3v) is 7.65. The summed E-state index contributed by atoms with van der Waals surface area (Å²) in [6, 6.07) is 17.3. The molecule has 33 heavy (non-hydrogen) atoms. The van der Waals surface area contributed by atoms with E-state index in [9.17, 15) is 9.59 Å². The van der Waals surface area contributed by atoms with Gasteiger partial charge < -0.3 is 9.80 Å². The first-order valence-electron chi connectivity index (χ1n) is 11.9. The average Bonchev–Trinajstić information content (AvgIpc) is 3.24. The molecule has 2 aromatic carbocycles. The van der Waals surface area contributed by atoms with Crippen LogP contribution >= 0.6 is 11.8 Å². The zero-order valence-electron chi connectivity index (χ0n) is 18.9. The number of hydrogen-bond acceptors (Lipinski definition) is 5. The second kappa shape index (κ2) is 10.1. The summed E-state index contributed by atoms with van der Waals surface area (Å²) in [5.41, 5.74) is 1.48. The summed E-state index contributed by atoms with van der Waals surface area (Å²) in [5.74, 6) is 0.242. The van der Waals surface area contributed by atoms with E-state index in [-0.39, 0.29) is 16.7 Å². The third kappa shape index (κ3) is 4.99. The predicted molar refractivity (Wildman–Crippen MR) is 133 cm³/mol. The number of para-hydroxylation sites is 2. The van der Waals surface area contributed by atoms with Gasteiger partial charge in [-0.2, -0.15) is 0 Å². The zero-order chi connectivity index (χ0) is 22.6. The molecule has 0 saturated carbocycles. The van der Waals surface area contributed by atoms with Crippen molar-refractivity contribution in [1.29, 1.82) is 0 Å². The molecule has 0 spiro atoms. The number of aromatic nitrogens is 2. The number of hydrogen-bond donors (Lipinski definition) is 0. The summed E-state index contributed by atoms with van der Waals surface area (Å²) >= 11 is 1.64. The van der Waals surface area contributed by atoms with Crippen LogP contribution in [-0.4, -0.2) is 63.2 Å². The molecule has 1 aromatic heterocycles. The smallest absolute Gasteiger partial charge is 0.266 e. The number of fused-ring (bicyclic) bond motifs is 1. The van der Waals surface area contributed by atoms with Crippen LogP contribution in [0.15, 0.2) is 64.5 Å². The minimum atomic E-state index is -0.0525. The average molecular weight is 463 g/mol. The second-order valence-corrected chi connectivity index (χ2v) is 10.2. The Labute approximate surface area is 198 Å². The summed E-state index contributed by atoms with van der Waals surface area (Å²) in [5, 5.41) is 1.46. The SMILES string of the molecule is O=C1CCCN1C[C@@H](CN1CCCCC1)Sc1nc2ccccc2c(=O)n1-c1ccccc1. The molecule has 2 aliphatic heterocycles. The van der Waals surface area contributed by atoms with Crippen LogP contribution in [0.5, 0.6) is 0 Å². The van der Waals surface area contributed by atoms with E-state index >= 15 is 0 Å². The van der Waals surface area contributed by atoms with Crippen molar-refractivity contribution in [3.05, 3.63) is 65.0 Å². The van der Waals surface area contributed by atoms with Gasteiger partial charge in [0.2, 0.25) is 5.91 Å². The normalized spacial score (nSPS) is 18.2. The number of carbonyl (C=O) groups excluding carboxylic acids is 1. The molecular weight excluding hydrogens is 432 g/mol. The van der Waals surface area contributed by atoms with Gasteiger partial charge in [-0.1, -0.05) is 48.5 Å². The Hall–Kier alpha value is -2.64. The lowest BCUT2D eigenvalue weighted by atomic mass is 10.1. The Bertz CT molecular complexity index is 1170.